The van der Waals surface area contributed by atoms with Gasteiger partial charge in [0.25, 0.3) is 0 Å². The fourth-order valence-electron chi connectivity index (χ4n) is 4.17. The van der Waals surface area contributed by atoms with Crippen LogP contribution in [-0.2, 0) is 13.1 Å². The molecule has 1 aromatic heterocycles. The predicted octanol–water partition coefficient (Wildman–Crippen LogP) is 2.80. The molecule has 2 fully saturated rings. The van der Waals surface area contributed by atoms with Crippen LogP contribution in [0.25, 0.3) is 0 Å². The smallest absolute Gasteiger partial charge is 0.118 e. The fourth-order valence-corrected chi connectivity index (χ4v) is 4.17. The quantitative estimate of drug-likeness (QED) is 0.846. The van der Waals surface area contributed by atoms with E-state index >= 15 is 0 Å². The molecular formula is C20H25N3O. The van der Waals surface area contributed by atoms with Gasteiger partial charge in [-0.15, -0.1) is 0 Å². The normalized spacial score (nSPS) is 20.2. The highest BCUT2D eigenvalue weighted by Crippen LogP contribution is 2.40. The van der Waals surface area contributed by atoms with E-state index in [9.17, 15) is 0 Å². The first-order valence-electron chi connectivity index (χ1n) is 8.71. The Morgan fingerprint density at radius 1 is 0.917 bits per heavy atom. The molecule has 0 radical (unpaired) electrons. The summed E-state index contributed by atoms with van der Waals surface area (Å²) in [6.45, 7) is 7.02. The molecule has 2 aliphatic heterocycles. The SMILES string of the molecule is COc1ccc(CN2CC3(CCN(Cc4ccncc4)C3)C2)cc1. The number of methoxy groups -OCH3 is 1. The molecule has 4 heteroatoms. The lowest BCUT2D eigenvalue weighted by atomic mass is 9.79. The molecular weight excluding hydrogens is 298 g/mol. The van der Waals surface area contributed by atoms with Crippen LogP contribution < -0.4 is 4.74 Å². The van der Waals surface area contributed by atoms with Crippen LogP contribution in [-0.4, -0.2) is 48.1 Å². The van der Waals surface area contributed by atoms with Gasteiger partial charge in [-0.2, -0.15) is 0 Å². The number of ether oxygens (including phenoxy) is 1. The molecule has 2 saturated heterocycles. The Morgan fingerprint density at radius 3 is 2.25 bits per heavy atom. The molecule has 0 bridgehead atoms. The van der Waals surface area contributed by atoms with Crippen molar-refractivity contribution < 1.29 is 4.74 Å². The summed E-state index contributed by atoms with van der Waals surface area (Å²) in [6, 6.07) is 12.7. The zero-order chi connectivity index (χ0) is 16.4. The molecule has 2 aliphatic rings. The van der Waals surface area contributed by atoms with E-state index in [0.717, 1.165) is 18.8 Å². The van der Waals surface area contributed by atoms with Gasteiger partial charge in [0.05, 0.1) is 7.11 Å². The molecule has 0 N–H and O–H groups in total. The molecule has 4 nitrogen and oxygen atoms in total. The number of hydrogen-bond donors (Lipinski definition) is 0. The van der Waals surface area contributed by atoms with E-state index in [1.165, 1.54) is 43.7 Å². The van der Waals surface area contributed by atoms with Gasteiger partial charge < -0.3 is 4.74 Å². The number of benzene rings is 1. The van der Waals surface area contributed by atoms with E-state index in [2.05, 4.69) is 51.2 Å². The number of aromatic nitrogens is 1. The van der Waals surface area contributed by atoms with Crippen molar-refractivity contribution >= 4 is 0 Å². The molecule has 0 atom stereocenters. The summed E-state index contributed by atoms with van der Waals surface area (Å²) in [4.78, 5) is 9.27. The summed E-state index contributed by atoms with van der Waals surface area (Å²) in [7, 11) is 1.71. The lowest BCUT2D eigenvalue weighted by Crippen LogP contribution is -2.56. The van der Waals surface area contributed by atoms with E-state index in [0.29, 0.717) is 5.41 Å². The van der Waals surface area contributed by atoms with Crippen molar-refractivity contribution in [2.24, 2.45) is 5.41 Å². The van der Waals surface area contributed by atoms with Crippen molar-refractivity contribution in [3.63, 3.8) is 0 Å². The minimum absolute atomic E-state index is 0.527. The second kappa shape index (κ2) is 6.54. The van der Waals surface area contributed by atoms with Gasteiger partial charge in [0, 0.05) is 50.5 Å². The predicted molar refractivity (Wildman–Crippen MR) is 94.8 cm³/mol. The Balaban J connectivity index is 1.27. The van der Waals surface area contributed by atoms with Crippen LogP contribution in [0.4, 0.5) is 0 Å². The van der Waals surface area contributed by atoms with Gasteiger partial charge in [0.15, 0.2) is 0 Å². The number of likely N-dealkylation sites (tertiary alicyclic amines) is 2. The lowest BCUT2D eigenvalue weighted by molar-refractivity contribution is 0.00160. The molecule has 0 amide bonds. The molecule has 4 rings (SSSR count). The first-order chi connectivity index (χ1) is 11.7. The van der Waals surface area contributed by atoms with E-state index in [1.54, 1.807) is 7.11 Å². The number of hydrogen-bond acceptors (Lipinski definition) is 4. The van der Waals surface area contributed by atoms with E-state index < -0.39 is 0 Å². The third kappa shape index (κ3) is 3.30. The Morgan fingerprint density at radius 2 is 1.54 bits per heavy atom. The number of rotatable bonds is 5. The van der Waals surface area contributed by atoms with Crippen molar-refractivity contribution in [1.82, 2.24) is 14.8 Å². The fraction of sp³-hybridized carbons (Fsp3) is 0.450. The van der Waals surface area contributed by atoms with Crippen molar-refractivity contribution in [1.29, 1.82) is 0 Å². The summed E-state index contributed by atoms with van der Waals surface area (Å²) < 4.78 is 5.23. The van der Waals surface area contributed by atoms with Crippen molar-refractivity contribution in [2.75, 3.05) is 33.3 Å². The third-order valence-electron chi connectivity index (χ3n) is 5.36. The van der Waals surface area contributed by atoms with Crippen LogP contribution in [0.1, 0.15) is 17.5 Å². The summed E-state index contributed by atoms with van der Waals surface area (Å²) in [5.74, 6) is 0.932. The van der Waals surface area contributed by atoms with Gasteiger partial charge >= 0.3 is 0 Å². The molecule has 0 saturated carbocycles. The average molecular weight is 323 g/mol. The average Bonchev–Trinajstić information content (AvgIpc) is 3.00. The summed E-state index contributed by atoms with van der Waals surface area (Å²) in [6.07, 6.45) is 5.11. The Labute approximate surface area is 144 Å². The van der Waals surface area contributed by atoms with E-state index in [-0.39, 0.29) is 0 Å². The second-order valence-electron chi connectivity index (χ2n) is 7.31. The Hall–Kier alpha value is -1.91. The number of nitrogens with zero attached hydrogens (tertiary/aromatic N) is 3. The Bertz CT molecular complexity index is 665. The van der Waals surface area contributed by atoms with Gasteiger partial charge in [-0.25, -0.2) is 0 Å². The molecule has 3 heterocycles. The van der Waals surface area contributed by atoms with Crippen LogP contribution in [0.15, 0.2) is 48.8 Å². The highest BCUT2D eigenvalue weighted by atomic mass is 16.5. The van der Waals surface area contributed by atoms with Crippen molar-refractivity contribution in [3.8, 4) is 5.75 Å². The van der Waals surface area contributed by atoms with E-state index in [4.69, 9.17) is 4.74 Å². The zero-order valence-electron chi connectivity index (χ0n) is 14.3. The van der Waals surface area contributed by atoms with Gasteiger partial charge in [-0.1, -0.05) is 12.1 Å². The van der Waals surface area contributed by atoms with Gasteiger partial charge in [0.1, 0.15) is 5.75 Å². The van der Waals surface area contributed by atoms with Crippen molar-refractivity contribution in [2.45, 2.75) is 19.5 Å². The maximum absolute atomic E-state index is 5.23. The first kappa shape index (κ1) is 15.6. The molecule has 24 heavy (non-hydrogen) atoms. The maximum Gasteiger partial charge on any atom is 0.118 e. The molecule has 2 aromatic rings. The van der Waals surface area contributed by atoms with E-state index in [1.807, 2.05) is 12.4 Å². The maximum atomic E-state index is 5.23. The van der Waals surface area contributed by atoms with Crippen LogP contribution in [0.2, 0.25) is 0 Å². The first-order valence-corrected chi connectivity index (χ1v) is 8.71. The topological polar surface area (TPSA) is 28.6 Å². The van der Waals surface area contributed by atoms with Gasteiger partial charge in [0.2, 0.25) is 0 Å². The van der Waals surface area contributed by atoms with Crippen molar-refractivity contribution in [3.05, 3.63) is 59.9 Å². The molecule has 0 unspecified atom stereocenters. The highest BCUT2D eigenvalue weighted by molar-refractivity contribution is 5.27. The molecule has 1 spiro atoms. The summed E-state index contributed by atoms with van der Waals surface area (Å²) in [5.41, 5.74) is 3.27. The Kier molecular flexibility index (Phi) is 4.25. The third-order valence-corrected chi connectivity index (χ3v) is 5.36. The molecule has 0 aliphatic carbocycles. The lowest BCUT2D eigenvalue weighted by Gasteiger charge is -2.48. The summed E-state index contributed by atoms with van der Waals surface area (Å²) >= 11 is 0. The minimum atomic E-state index is 0.527. The highest BCUT2D eigenvalue weighted by Gasteiger charge is 2.47. The molecule has 126 valence electrons. The van der Waals surface area contributed by atoms with Gasteiger partial charge in [-0.05, 0) is 48.4 Å². The van der Waals surface area contributed by atoms with Crippen LogP contribution in [0.3, 0.4) is 0 Å². The van der Waals surface area contributed by atoms with Gasteiger partial charge in [-0.3, -0.25) is 14.8 Å². The zero-order valence-corrected chi connectivity index (χ0v) is 14.3. The van der Waals surface area contributed by atoms with Crippen LogP contribution >= 0.6 is 0 Å². The van der Waals surface area contributed by atoms with Crippen LogP contribution in [0.5, 0.6) is 5.75 Å². The summed E-state index contributed by atoms with van der Waals surface area (Å²) in [5, 5.41) is 0. The largest absolute Gasteiger partial charge is 0.497 e. The second-order valence-corrected chi connectivity index (χ2v) is 7.31. The molecule has 1 aromatic carbocycles. The number of pyridine rings is 1. The van der Waals surface area contributed by atoms with Crippen LogP contribution in [0, 0.1) is 5.41 Å². The minimum Gasteiger partial charge on any atom is -0.497 e. The monoisotopic (exact) mass is 323 g/mol. The standard InChI is InChI=1S/C20H25N3O/c1-24-19-4-2-17(3-5-19)13-23-15-20(16-23)8-11-22(14-20)12-18-6-9-21-10-7-18/h2-7,9-10H,8,11-16H2,1H3.